The van der Waals surface area contributed by atoms with Gasteiger partial charge < -0.3 is 5.11 Å². The van der Waals surface area contributed by atoms with Gasteiger partial charge in [-0.3, -0.25) is 14.4 Å². The van der Waals surface area contributed by atoms with Gasteiger partial charge in [0.15, 0.2) is 23.0 Å². The van der Waals surface area contributed by atoms with Crippen molar-refractivity contribution in [2.45, 2.75) is 23.9 Å². The molecule has 0 fully saturated rings. The first kappa shape index (κ1) is 22.3. The van der Waals surface area contributed by atoms with Crippen molar-refractivity contribution in [3.05, 3.63) is 143 Å². The van der Waals surface area contributed by atoms with Crippen LogP contribution in [0.5, 0.6) is 0 Å². The second-order valence-electron chi connectivity index (χ2n) is 9.60. The average Bonchev–Trinajstić information content (AvgIpc) is 3.17. The van der Waals surface area contributed by atoms with Gasteiger partial charge in [0.1, 0.15) is 0 Å². The number of hydrogen-bond donors (Lipinski definition) is 1. The maximum atomic E-state index is 14.2. The molecule has 4 aromatic carbocycles. The maximum Gasteiger partial charge on any atom is 0.199 e. The van der Waals surface area contributed by atoms with Crippen molar-refractivity contribution in [2.24, 2.45) is 5.92 Å². The molecule has 0 bridgehead atoms. The minimum atomic E-state index is -1.87. The Hall–Kier alpha value is -4.15. The van der Waals surface area contributed by atoms with Gasteiger partial charge in [-0.25, -0.2) is 0 Å². The zero-order chi connectivity index (χ0) is 24.9. The Labute approximate surface area is 209 Å². The van der Waals surface area contributed by atoms with Crippen LogP contribution >= 0.6 is 0 Å². The highest BCUT2D eigenvalue weighted by Gasteiger charge is 2.62. The van der Waals surface area contributed by atoms with Crippen molar-refractivity contribution >= 4 is 17.3 Å². The van der Waals surface area contributed by atoms with E-state index < -0.39 is 29.1 Å². The lowest BCUT2D eigenvalue weighted by atomic mass is 9.58. The molecule has 0 heterocycles. The third-order valence-electron chi connectivity index (χ3n) is 7.76. The van der Waals surface area contributed by atoms with Crippen LogP contribution in [0.4, 0.5) is 0 Å². The first-order valence-corrected chi connectivity index (χ1v) is 12.1. The summed E-state index contributed by atoms with van der Waals surface area (Å²) in [4.78, 5) is 41.4. The fraction of sp³-hybridized carbons (Fsp3) is 0.156. The molecule has 36 heavy (non-hydrogen) atoms. The van der Waals surface area contributed by atoms with Crippen molar-refractivity contribution in [3.63, 3.8) is 0 Å². The van der Waals surface area contributed by atoms with Gasteiger partial charge >= 0.3 is 0 Å². The van der Waals surface area contributed by atoms with Crippen LogP contribution in [-0.4, -0.2) is 22.5 Å². The van der Waals surface area contributed by atoms with E-state index in [1.807, 2.05) is 48.5 Å². The molecule has 0 saturated carbocycles. The fourth-order valence-electron chi connectivity index (χ4n) is 6.19. The third kappa shape index (κ3) is 3.22. The number of carbonyl (C=O) groups is 3. The van der Waals surface area contributed by atoms with Crippen molar-refractivity contribution in [1.82, 2.24) is 0 Å². The molecule has 4 aromatic rings. The van der Waals surface area contributed by atoms with Gasteiger partial charge in [-0.1, -0.05) is 109 Å². The molecule has 4 atom stereocenters. The van der Waals surface area contributed by atoms with Gasteiger partial charge in [0.25, 0.3) is 0 Å². The van der Waals surface area contributed by atoms with Crippen LogP contribution in [0.1, 0.15) is 66.0 Å². The zero-order valence-electron chi connectivity index (χ0n) is 19.5. The molecule has 0 amide bonds. The molecule has 2 aliphatic carbocycles. The van der Waals surface area contributed by atoms with Crippen LogP contribution in [0.2, 0.25) is 0 Å². The molecule has 6 rings (SSSR count). The van der Waals surface area contributed by atoms with Crippen LogP contribution < -0.4 is 0 Å². The number of aliphatic hydroxyl groups is 1. The highest BCUT2D eigenvalue weighted by atomic mass is 16.3. The molecule has 0 unspecified atom stereocenters. The molecule has 0 aliphatic heterocycles. The van der Waals surface area contributed by atoms with Crippen LogP contribution in [-0.2, 0) is 5.60 Å². The van der Waals surface area contributed by atoms with E-state index in [4.69, 9.17) is 0 Å². The van der Waals surface area contributed by atoms with Crippen LogP contribution in [0.15, 0.2) is 109 Å². The number of carbonyl (C=O) groups excluding carboxylic acids is 3. The van der Waals surface area contributed by atoms with Crippen molar-refractivity contribution in [1.29, 1.82) is 0 Å². The molecule has 0 spiro atoms. The Balaban J connectivity index is 1.58. The van der Waals surface area contributed by atoms with Gasteiger partial charge in [-0.2, -0.15) is 0 Å². The smallest absolute Gasteiger partial charge is 0.199 e. The van der Waals surface area contributed by atoms with E-state index in [0.29, 0.717) is 33.4 Å². The zero-order valence-corrected chi connectivity index (χ0v) is 19.5. The minimum Gasteiger partial charge on any atom is -0.376 e. The number of rotatable bonds is 5. The Morgan fingerprint density at radius 3 is 1.94 bits per heavy atom. The first-order valence-electron chi connectivity index (χ1n) is 12.1. The number of fused-ring (bicyclic) bond motifs is 5. The maximum absolute atomic E-state index is 14.2. The summed E-state index contributed by atoms with van der Waals surface area (Å²) >= 11 is 0. The van der Waals surface area contributed by atoms with Gasteiger partial charge in [-0.05, 0) is 16.7 Å². The minimum absolute atomic E-state index is 0.0793. The summed E-state index contributed by atoms with van der Waals surface area (Å²) in [6, 6.07) is 32.3. The summed E-state index contributed by atoms with van der Waals surface area (Å²) in [7, 11) is 0. The second-order valence-corrected chi connectivity index (χ2v) is 9.60. The molecule has 0 radical (unpaired) electrons. The summed E-state index contributed by atoms with van der Waals surface area (Å²) in [5, 5.41) is 12.2. The molecule has 0 aromatic heterocycles. The number of ketones is 3. The van der Waals surface area contributed by atoms with Gasteiger partial charge in [-0.15, -0.1) is 0 Å². The van der Waals surface area contributed by atoms with E-state index >= 15 is 0 Å². The summed E-state index contributed by atoms with van der Waals surface area (Å²) < 4.78 is 0. The Kier molecular flexibility index (Phi) is 5.27. The Bertz CT molecular complexity index is 1490. The lowest BCUT2D eigenvalue weighted by Crippen LogP contribution is -2.48. The predicted molar refractivity (Wildman–Crippen MR) is 136 cm³/mol. The average molecular weight is 473 g/mol. The Morgan fingerprint density at radius 2 is 1.25 bits per heavy atom. The van der Waals surface area contributed by atoms with Crippen LogP contribution in [0.25, 0.3) is 0 Å². The summed E-state index contributed by atoms with van der Waals surface area (Å²) in [5.41, 5.74) is 1.45. The largest absolute Gasteiger partial charge is 0.376 e. The van der Waals surface area contributed by atoms with Crippen LogP contribution in [0, 0.1) is 5.92 Å². The number of benzene rings is 4. The SMILES string of the molecule is O=C(C[C@H]1c2ccccc2[C@@]2(O)C(=O)c3ccccc3[C@H]2[C@@H]1C(=O)c1ccccc1)c1ccccc1. The quantitative estimate of drug-likeness (QED) is 0.377. The monoisotopic (exact) mass is 472 g/mol. The molecular weight excluding hydrogens is 448 g/mol. The molecule has 4 heteroatoms. The van der Waals surface area contributed by atoms with Gasteiger partial charge in [0, 0.05) is 40.9 Å². The van der Waals surface area contributed by atoms with Crippen LogP contribution in [0.3, 0.4) is 0 Å². The van der Waals surface area contributed by atoms with Crippen molar-refractivity contribution < 1.29 is 19.5 Å². The standard InChI is InChI=1S/C32H24O4/c33-27(20-11-3-1-4-12-20)19-25-22-15-9-10-18-26(22)32(36)29(23-16-7-8-17-24(23)31(32)35)28(25)30(34)21-13-5-2-6-14-21/h1-18,25,28-29,36H,19H2/t25-,28+,29-,32-/m0/s1. The molecule has 1 N–H and O–H groups in total. The third-order valence-corrected chi connectivity index (χ3v) is 7.76. The van der Waals surface area contributed by atoms with Gasteiger partial charge in [0.05, 0.1) is 0 Å². The lowest BCUT2D eigenvalue weighted by Gasteiger charge is -2.45. The second kappa shape index (κ2) is 8.51. The van der Waals surface area contributed by atoms with E-state index in [1.54, 1.807) is 60.7 Å². The first-order chi connectivity index (χ1) is 17.5. The molecule has 2 aliphatic rings. The molecule has 176 valence electrons. The lowest BCUT2D eigenvalue weighted by molar-refractivity contribution is -0.00159. The highest BCUT2D eigenvalue weighted by Crippen LogP contribution is 2.60. The number of hydrogen-bond acceptors (Lipinski definition) is 4. The van der Waals surface area contributed by atoms with Crippen molar-refractivity contribution in [2.75, 3.05) is 0 Å². The van der Waals surface area contributed by atoms with E-state index in [9.17, 15) is 19.5 Å². The summed E-state index contributed by atoms with van der Waals surface area (Å²) in [6.45, 7) is 0. The van der Waals surface area contributed by atoms with Crippen molar-refractivity contribution in [3.8, 4) is 0 Å². The van der Waals surface area contributed by atoms with Gasteiger partial charge in [0.2, 0.25) is 0 Å². The Morgan fingerprint density at radius 1 is 0.694 bits per heavy atom. The summed E-state index contributed by atoms with van der Waals surface area (Å²) in [5.74, 6) is -2.75. The predicted octanol–water partition coefficient (Wildman–Crippen LogP) is 5.72. The molecule has 4 nitrogen and oxygen atoms in total. The van der Waals surface area contributed by atoms with E-state index in [-0.39, 0.29) is 18.0 Å². The normalized spacial score (nSPS) is 23.9. The highest BCUT2D eigenvalue weighted by molar-refractivity contribution is 6.11. The molecular formula is C32H24O4. The summed E-state index contributed by atoms with van der Waals surface area (Å²) in [6.07, 6.45) is 0.0905. The molecule has 0 saturated heterocycles. The topological polar surface area (TPSA) is 71.4 Å². The van der Waals surface area contributed by atoms with E-state index in [2.05, 4.69) is 0 Å². The fourth-order valence-corrected chi connectivity index (χ4v) is 6.19. The van der Waals surface area contributed by atoms with E-state index in [0.717, 1.165) is 0 Å². The van der Waals surface area contributed by atoms with E-state index in [1.165, 1.54) is 0 Å². The number of Topliss-reactive ketones (excluding diaryl/α,β-unsaturated/α-hetero) is 3.